The van der Waals surface area contributed by atoms with E-state index in [2.05, 4.69) is 34.5 Å². The number of amides is 2. The molecule has 1 atom stereocenters. The van der Waals surface area contributed by atoms with Gasteiger partial charge >= 0.3 is 6.03 Å². The molecule has 2 fully saturated rings. The number of benzene rings is 1. The lowest BCUT2D eigenvalue weighted by molar-refractivity contribution is 0.114. The van der Waals surface area contributed by atoms with Gasteiger partial charge in [-0.05, 0) is 50.7 Å². The summed E-state index contributed by atoms with van der Waals surface area (Å²) in [6, 6.07) is 10.9. The molecule has 1 saturated carbocycles. The van der Waals surface area contributed by atoms with Gasteiger partial charge in [-0.15, -0.1) is 0 Å². The van der Waals surface area contributed by atoms with Gasteiger partial charge in [0.2, 0.25) is 0 Å². The smallest absolute Gasteiger partial charge is 0.317 e. The number of carbonyl (C=O) groups is 1. The number of rotatable bonds is 3. The van der Waals surface area contributed by atoms with Crippen LogP contribution in [0.25, 0.3) is 0 Å². The molecule has 1 unspecified atom stereocenters. The van der Waals surface area contributed by atoms with Crippen molar-refractivity contribution in [2.45, 2.75) is 56.7 Å². The summed E-state index contributed by atoms with van der Waals surface area (Å²) in [7, 11) is 1.91. The predicted octanol–water partition coefficient (Wildman–Crippen LogP) is 2.60. The third kappa shape index (κ3) is 4.20. The lowest BCUT2D eigenvalue weighted by Gasteiger charge is -2.39. The van der Waals surface area contributed by atoms with Crippen molar-refractivity contribution in [2.24, 2.45) is 0 Å². The molecule has 1 saturated heterocycles. The van der Waals surface area contributed by atoms with E-state index in [0.717, 1.165) is 51.6 Å². The molecule has 0 spiro atoms. The minimum absolute atomic E-state index is 0.0244. The number of para-hydroxylation sites is 1. The summed E-state index contributed by atoms with van der Waals surface area (Å²) in [5.74, 6) is 0. The number of piperidine rings is 1. The maximum absolute atomic E-state index is 12.6. The van der Waals surface area contributed by atoms with E-state index in [1.807, 2.05) is 18.0 Å². The molecule has 24 heavy (non-hydrogen) atoms. The van der Waals surface area contributed by atoms with Crippen LogP contribution < -0.4 is 10.2 Å². The van der Waals surface area contributed by atoms with Crippen molar-refractivity contribution in [1.82, 2.24) is 10.2 Å². The molecule has 5 heteroatoms. The van der Waals surface area contributed by atoms with E-state index in [1.165, 1.54) is 5.69 Å². The maximum Gasteiger partial charge on any atom is 0.317 e. The third-order valence-electron chi connectivity index (χ3n) is 5.41. The highest BCUT2D eigenvalue weighted by Gasteiger charge is 2.28. The molecule has 5 nitrogen and oxygen atoms in total. The van der Waals surface area contributed by atoms with E-state index in [4.69, 9.17) is 0 Å². The molecule has 3 rings (SSSR count). The van der Waals surface area contributed by atoms with E-state index in [1.54, 1.807) is 0 Å². The van der Waals surface area contributed by atoms with Gasteiger partial charge in [-0.25, -0.2) is 4.79 Å². The van der Waals surface area contributed by atoms with Crippen molar-refractivity contribution in [3.8, 4) is 0 Å². The number of likely N-dealkylation sites (N-methyl/N-ethyl adjacent to an activating group) is 1. The van der Waals surface area contributed by atoms with Gasteiger partial charge in [-0.1, -0.05) is 18.2 Å². The van der Waals surface area contributed by atoms with Crippen LogP contribution in [0.1, 0.15) is 38.5 Å². The summed E-state index contributed by atoms with van der Waals surface area (Å²) in [4.78, 5) is 16.8. The Balaban J connectivity index is 1.54. The molecule has 1 aromatic carbocycles. The van der Waals surface area contributed by atoms with Crippen LogP contribution >= 0.6 is 0 Å². The predicted molar refractivity (Wildman–Crippen MR) is 96.2 cm³/mol. The number of anilines is 1. The summed E-state index contributed by atoms with van der Waals surface area (Å²) in [5.41, 5.74) is 1.23. The monoisotopic (exact) mass is 331 g/mol. The average molecular weight is 331 g/mol. The second kappa shape index (κ2) is 7.88. The van der Waals surface area contributed by atoms with Crippen LogP contribution in [-0.4, -0.2) is 54.4 Å². The van der Waals surface area contributed by atoms with Crippen LogP contribution in [0, 0.1) is 0 Å². The number of carbonyl (C=O) groups excluding carboxylic acids is 1. The van der Waals surface area contributed by atoms with Gasteiger partial charge in [0, 0.05) is 31.9 Å². The van der Waals surface area contributed by atoms with Gasteiger partial charge in [0.1, 0.15) is 0 Å². The molecular formula is C19H29N3O2. The molecule has 1 heterocycles. The van der Waals surface area contributed by atoms with Crippen molar-refractivity contribution in [3.05, 3.63) is 30.3 Å². The minimum atomic E-state index is -0.186. The second-order valence-corrected chi connectivity index (χ2v) is 7.14. The number of hydrogen-bond acceptors (Lipinski definition) is 3. The Bertz CT molecular complexity index is 529. The largest absolute Gasteiger partial charge is 0.393 e. The van der Waals surface area contributed by atoms with Gasteiger partial charge in [0.15, 0.2) is 0 Å². The Morgan fingerprint density at radius 2 is 1.88 bits per heavy atom. The van der Waals surface area contributed by atoms with Crippen LogP contribution in [0.2, 0.25) is 0 Å². The first-order chi connectivity index (χ1) is 11.6. The Labute approximate surface area is 144 Å². The van der Waals surface area contributed by atoms with Crippen LogP contribution in [-0.2, 0) is 0 Å². The topological polar surface area (TPSA) is 55.8 Å². The van der Waals surface area contributed by atoms with E-state index >= 15 is 0 Å². The van der Waals surface area contributed by atoms with Crippen molar-refractivity contribution in [2.75, 3.05) is 25.0 Å². The van der Waals surface area contributed by atoms with E-state index < -0.39 is 0 Å². The standard InChI is InChI=1S/C19H29N3O2/c1-21(19(24)20-15-9-11-18(23)12-10-15)17-8-5-13-22(14-17)16-6-3-2-4-7-16/h2-4,6-7,15,17-18,23H,5,8-14H2,1H3,(H,20,24). The zero-order valence-electron chi connectivity index (χ0n) is 14.5. The number of aliphatic hydroxyl groups excluding tert-OH is 1. The number of urea groups is 1. The average Bonchev–Trinajstić information content (AvgIpc) is 2.64. The zero-order valence-corrected chi connectivity index (χ0v) is 14.5. The fourth-order valence-corrected chi connectivity index (χ4v) is 3.81. The Morgan fingerprint density at radius 1 is 1.17 bits per heavy atom. The fraction of sp³-hybridized carbons (Fsp3) is 0.632. The highest BCUT2D eigenvalue weighted by Crippen LogP contribution is 2.22. The summed E-state index contributed by atoms with van der Waals surface area (Å²) < 4.78 is 0. The van der Waals surface area contributed by atoms with Gasteiger partial charge < -0.3 is 20.2 Å². The fourth-order valence-electron chi connectivity index (χ4n) is 3.81. The molecule has 0 bridgehead atoms. The zero-order chi connectivity index (χ0) is 16.9. The molecule has 0 radical (unpaired) electrons. The highest BCUT2D eigenvalue weighted by molar-refractivity contribution is 5.74. The summed E-state index contributed by atoms with van der Waals surface area (Å²) in [5, 5.41) is 12.7. The van der Waals surface area contributed by atoms with Crippen molar-refractivity contribution in [1.29, 1.82) is 0 Å². The van der Waals surface area contributed by atoms with Crippen LogP contribution in [0.3, 0.4) is 0 Å². The quantitative estimate of drug-likeness (QED) is 0.895. The lowest BCUT2D eigenvalue weighted by atomic mass is 9.93. The third-order valence-corrected chi connectivity index (χ3v) is 5.41. The summed E-state index contributed by atoms with van der Waals surface area (Å²) >= 11 is 0. The van der Waals surface area contributed by atoms with Crippen molar-refractivity contribution >= 4 is 11.7 Å². The number of hydrogen-bond donors (Lipinski definition) is 2. The minimum Gasteiger partial charge on any atom is -0.393 e. The molecule has 1 aromatic rings. The van der Waals surface area contributed by atoms with Crippen LogP contribution in [0.4, 0.5) is 10.5 Å². The molecule has 0 aromatic heterocycles. The lowest BCUT2D eigenvalue weighted by Crippen LogP contribution is -2.53. The number of nitrogens with zero attached hydrogens (tertiary/aromatic N) is 2. The Morgan fingerprint density at radius 3 is 2.58 bits per heavy atom. The van der Waals surface area contributed by atoms with Crippen molar-refractivity contribution in [3.63, 3.8) is 0 Å². The first kappa shape index (κ1) is 17.1. The normalized spacial score (nSPS) is 27.6. The first-order valence-corrected chi connectivity index (χ1v) is 9.15. The molecule has 2 N–H and O–H groups in total. The molecule has 132 valence electrons. The summed E-state index contributed by atoms with van der Waals surface area (Å²) in [6.07, 6.45) is 5.31. The number of aliphatic hydroxyl groups is 1. The SMILES string of the molecule is CN(C(=O)NC1CCC(O)CC1)C1CCCN(c2ccccc2)C1. The van der Waals surface area contributed by atoms with Crippen molar-refractivity contribution < 1.29 is 9.90 Å². The van der Waals surface area contributed by atoms with Gasteiger partial charge in [-0.3, -0.25) is 0 Å². The molecule has 2 aliphatic rings. The Hall–Kier alpha value is -1.75. The highest BCUT2D eigenvalue weighted by atomic mass is 16.3. The number of nitrogens with one attached hydrogen (secondary N) is 1. The van der Waals surface area contributed by atoms with E-state index in [-0.39, 0.29) is 24.2 Å². The van der Waals surface area contributed by atoms with Crippen LogP contribution in [0.5, 0.6) is 0 Å². The second-order valence-electron chi connectivity index (χ2n) is 7.14. The van der Waals surface area contributed by atoms with Gasteiger partial charge in [-0.2, -0.15) is 0 Å². The van der Waals surface area contributed by atoms with Gasteiger partial charge in [0.05, 0.1) is 12.1 Å². The summed E-state index contributed by atoms with van der Waals surface area (Å²) in [6.45, 7) is 1.94. The molecule has 2 amide bonds. The van der Waals surface area contributed by atoms with Crippen LogP contribution in [0.15, 0.2) is 30.3 Å². The van der Waals surface area contributed by atoms with Gasteiger partial charge in [0.25, 0.3) is 0 Å². The molecular weight excluding hydrogens is 302 g/mol. The first-order valence-electron chi connectivity index (χ1n) is 9.15. The van der Waals surface area contributed by atoms with E-state index in [9.17, 15) is 9.90 Å². The Kier molecular flexibility index (Phi) is 5.61. The van der Waals surface area contributed by atoms with E-state index in [0.29, 0.717) is 0 Å². The maximum atomic E-state index is 12.6. The molecule has 1 aliphatic carbocycles. The molecule has 1 aliphatic heterocycles.